The van der Waals surface area contributed by atoms with Crippen LogP contribution >= 0.6 is 0 Å². The van der Waals surface area contributed by atoms with Gasteiger partial charge in [0.1, 0.15) is 0 Å². The van der Waals surface area contributed by atoms with Crippen molar-refractivity contribution in [3.8, 4) is 0 Å². The Balaban J connectivity index is 1.74. The minimum atomic E-state index is -0.546. The highest BCUT2D eigenvalue weighted by molar-refractivity contribution is 5.19. The topological polar surface area (TPSA) is 40.5 Å². The largest absolute Gasteiger partial charge is 0.393 e. The van der Waals surface area contributed by atoms with Crippen molar-refractivity contribution in [1.29, 1.82) is 0 Å². The van der Waals surface area contributed by atoms with Crippen LogP contribution in [0.15, 0.2) is 72.8 Å². The molecule has 0 saturated heterocycles. The monoisotopic (exact) mass is 296 g/mol. The van der Waals surface area contributed by atoms with Gasteiger partial charge in [-0.15, -0.1) is 0 Å². The number of aliphatic hydroxyl groups is 2. The summed E-state index contributed by atoms with van der Waals surface area (Å²) in [5.74, 6) is 0. The molecule has 0 aliphatic heterocycles. The van der Waals surface area contributed by atoms with Gasteiger partial charge < -0.3 is 10.2 Å². The fourth-order valence-corrected chi connectivity index (χ4v) is 2.56. The van der Waals surface area contributed by atoms with E-state index in [9.17, 15) is 10.2 Å². The molecule has 2 unspecified atom stereocenters. The van der Waals surface area contributed by atoms with Crippen LogP contribution in [0.1, 0.15) is 36.5 Å². The van der Waals surface area contributed by atoms with Crippen molar-refractivity contribution in [3.05, 3.63) is 83.9 Å². The summed E-state index contributed by atoms with van der Waals surface area (Å²) in [6, 6.07) is 19.7. The Hall–Kier alpha value is -1.90. The second-order valence-corrected chi connectivity index (χ2v) is 5.76. The van der Waals surface area contributed by atoms with Crippen LogP contribution in [0.4, 0.5) is 0 Å². The predicted octanol–water partition coefficient (Wildman–Crippen LogP) is 4.05. The zero-order chi connectivity index (χ0) is 15.8. The Kier molecular flexibility index (Phi) is 6.38. The third kappa shape index (κ3) is 5.47. The van der Waals surface area contributed by atoms with Crippen LogP contribution in [-0.2, 0) is 6.42 Å². The maximum atomic E-state index is 10.2. The Morgan fingerprint density at radius 3 is 2.09 bits per heavy atom. The Labute approximate surface area is 132 Å². The maximum absolute atomic E-state index is 10.2. The zero-order valence-electron chi connectivity index (χ0n) is 12.9. The van der Waals surface area contributed by atoms with Crippen LogP contribution in [-0.4, -0.2) is 16.3 Å². The van der Waals surface area contributed by atoms with Crippen molar-refractivity contribution in [2.45, 2.75) is 37.9 Å². The fourth-order valence-electron chi connectivity index (χ4n) is 2.56. The predicted molar refractivity (Wildman–Crippen MR) is 90.5 cm³/mol. The summed E-state index contributed by atoms with van der Waals surface area (Å²) in [6.07, 6.45) is 1.65. The highest BCUT2D eigenvalue weighted by atomic mass is 16.3. The molecular weight excluding hydrogens is 272 g/mol. The minimum absolute atomic E-state index is 0.407. The minimum Gasteiger partial charge on any atom is -0.393 e. The van der Waals surface area contributed by atoms with E-state index in [1.807, 2.05) is 48.5 Å². The van der Waals surface area contributed by atoms with Gasteiger partial charge in [0.25, 0.3) is 0 Å². The van der Waals surface area contributed by atoms with Crippen molar-refractivity contribution < 1.29 is 10.2 Å². The molecule has 0 aliphatic carbocycles. The first-order chi connectivity index (χ1) is 10.6. The van der Waals surface area contributed by atoms with E-state index in [1.54, 1.807) is 0 Å². The molecule has 0 saturated carbocycles. The van der Waals surface area contributed by atoms with Crippen LogP contribution in [0, 0.1) is 0 Å². The van der Waals surface area contributed by atoms with Crippen LogP contribution in [0.3, 0.4) is 0 Å². The summed E-state index contributed by atoms with van der Waals surface area (Å²) in [6.45, 7) is 4.00. The lowest BCUT2D eigenvalue weighted by Crippen LogP contribution is -2.10. The third-order valence-electron chi connectivity index (χ3n) is 3.80. The molecule has 2 aromatic carbocycles. The molecule has 2 aromatic rings. The summed E-state index contributed by atoms with van der Waals surface area (Å²) in [5.41, 5.74) is 3.01. The Bertz CT molecular complexity index is 563. The number of hydrogen-bond acceptors (Lipinski definition) is 2. The first-order valence-corrected chi connectivity index (χ1v) is 7.77. The lowest BCUT2D eigenvalue weighted by Gasteiger charge is -2.16. The first-order valence-electron chi connectivity index (χ1n) is 7.77. The lowest BCUT2D eigenvalue weighted by atomic mass is 9.96. The average Bonchev–Trinajstić information content (AvgIpc) is 2.54. The summed E-state index contributed by atoms with van der Waals surface area (Å²) >= 11 is 0. The van der Waals surface area contributed by atoms with Crippen molar-refractivity contribution in [2.24, 2.45) is 0 Å². The number of benzene rings is 2. The van der Waals surface area contributed by atoms with Crippen LogP contribution < -0.4 is 0 Å². The molecule has 0 radical (unpaired) electrons. The standard InChI is InChI=1S/C20H24O2/c1-16(15-20(22)18-10-6-3-7-11-18)14-19(21)13-12-17-8-4-2-5-9-17/h2-11,19-22H,1,12-15H2. The van der Waals surface area contributed by atoms with E-state index < -0.39 is 12.2 Å². The van der Waals surface area contributed by atoms with Crippen molar-refractivity contribution in [2.75, 3.05) is 0 Å². The molecule has 0 aliphatic rings. The van der Waals surface area contributed by atoms with Gasteiger partial charge in [0, 0.05) is 0 Å². The van der Waals surface area contributed by atoms with E-state index in [-0.39, 0.29) is 0 Å². The van der Waals surface area contributed by atoms with E-state index in [1.165, 1.54) is 5.56 Å². The van der Waals surface area contributed by atoms with Crippen molar-refractivity contribution >= 4 is 0 Å². The van der Waals surface area contributed by atoms with E-state index in [0.29, 0.717) is 19.3 Å². The van der Waals surface area contributed by atoms with Gasteiger partial charge in [-0.3, -0.25) is 0 Å². The summed E-state index contributed by atoms with van der Waals surface area (Å²) in [5, 5.41) is 20.3. The van der Waals surface area contributed by atoms with Crippen molar-refractivity contribution in [3.63, 3.8) is 0 Å². The first kappa shape index (κ1) is 16.5. The molecule has 116 valence electrons. The molecule has 22 heavy (non-hydrogen) atoms. The molecule has 0 heterocycles. The average molecular weight is 296 g/mol. The molecule has 2 N–H and O–H groups in total. The summed E-state index contributed by atoms with van der Waals surface area (Å²) in [4.78, 5) is 0. The second-order valence-electron chi connectivity index (χ2n) is 5.76. The van der Waals surface area contributed by atoms with Gasteiger partial charge in [0.15, 0.2) is 0 Å². The van der Waals surface area contributed by atoms with Gasteiger partial charge in [-0.25, -0.2) is 0 Å². The Morgan fingerprint density at radius 1 is 0.864 bits per heavy atom. The smallest absolute Gasteiger partial charge is 0.0827 e. The molecule has 0 fully saturated rings. The van der Waals surface area contributed by atoms with Gasteiger partial charge in [-0.2, -0.15) is 0 Å². The van der Waals surface area contributed by atoms with E-state index >= 15 is 0 Å². The normalized spacial score (nSPS) is 13.5. The SMILES string of the molecule is C=C(CC(O)CCc1ccccc1)CC(O)c1ccccc1. The number of aryl methyl sites for hydroxylation is 1. The van der Waals surface area contributed by atoms with E-state index in [0.717, 1.165) is 17.6 Å². The highest BCUT2D eigenvalue weighted by Gasteiger charge is 2.12. The van der Waals surface area contributed by atoms with Crippen LogP contribution in [0.25, 0.3) is 0 Å². The number of aliphatic hydroxyl groups excluding tert-OH is 2. The molecule has 2 nitrogen and oxygen atoms in total. The fraction of sp³-hybridized carbons (Fsp3) is 0.300. The third-order valence-corrected chi connectivity index (χ3v) is 3.80. The molecule has 0 amide bonds. The molecule has 2 rings (SSSR count). The van der Waals surface area contributed by atoms with Gasteiger partial charge in [0.05, 0.1) is 12.2 Å². The summed E-state index contributed by atoms with van der Waals surface area (Å²) < 4.78 is 0. The van der Waals surface area contributed by atoms with Crippen LogP contribution in [0.5, 0.6) is 0 Å². The summed E-state index contributed by atoms with van der Waals surface area (Å²) in [7, 11) is 0. The van der Waals surface area contributed by atoms with Crippen LogP contribution in [0.2, 0.25) is 0 Å². The van der Waals surface area contributed by atoms with Gasteiger partial charge >= 0.3 is 0 Å². The number of rotatable bonds is 8. The van der Waals surface area contributed by atoms with Gasteiger partial charge in [-0.05, 0) is 36.8 Å². The molecule has 0 spiro atoms. The quantitative estimate of drug-likeness (QED) is 0.721. The van der Waals surface area contributed by atoms with Crippen molar-refractivity contribution in [1.82, 2.24) is 0 Å². The Morgan fingerprint density at radius 2 is 1.45 bits per heavy atom. The van der Waals surface area contributed by atoms with E-state index in [4.69, 9.17) is 0 Å². The van der Waals surface area contributed by atoms with Gasteiger partial charge in [0.2, 0.25) is 0 Å². The zero-order valence-corrected chi connectivity index (χ0v) is 12.9. The maximum Gasteiger partial charge on any atom is 0.0827 e. The van der Waals surface area contributed by atoms with Gasteiger partial charge in [-0.1, -0.05) is 72.8 Å². The molecular formula is C20H24O2. The molecule has 2 heteroatoms. The lowest BCUT2D eigenvalue weighted by molar-refractivity contribution is 0.151. The molecule has 0 bridgehead atoms. The van der Waals surface area contributed by atoms with E-state index in [2.05, 4.69) is 18.7 Å². The molecule has 0 aromatic heterocycles. The molecule has 2 atom stereocenters. The number of hydrogen-bond donors (Lipinski definition) is 2. The second kappa shape index (κ2) is 8.52. The highest BCUT2D eigenvalue weighted by Crippen LogP contribution is 2.23.